The number of likely N-dealkylation sites (tertiary alicyclic amines) is 1. The maximum absolute atomic E-state index is 12.3. The van der Waals surface area contributed by atoms with Crippen molar-refractivity contribution in [3.63, 3.8) is 0 Å². The second-order valence-corrected chi connectivity index (χ2v) is 7.89. The van der Waals surface area contributed by atoms with E-state index in [0.29, 0.717) is 12.1 Å². The number of piperidine rings is 1. The van der Waals surface area contributed by atoms with Gasteiger partial charge in [0.2, 0.25) is 0 Å². The molecule has 2 fully saturated rings. The van der Waals surface area contributed by atoms with E-state index in [1.807, 2.05) is 28.8 Å². The van der Waals surface area contributed by atoms with Crippen molar-refractivity contribution in [3.05, 3.63) is 34.7 Å². The van der Waals surface area contributed by atoms with Gasteiger partial charge in [-0.1, -0.05) is 12.1 Å². The number of nitrogens with one attached hydrogen (secondary N) is 1. The number of ether oxygens (including phenoxy) is 1. The van der Waals surface area contributed by atoms with E-state index in [0.717, 1.165) is 56.4 Å². The Hall–Kier alpha value is -1.59. The Bertz CT molecular complexity index is 768. The van der Waals surface area contributed by atoms with E-state index in [-0.39, 0.29) is 11.3 Å². The van der Waals surface area contributed by atoms with Gasteiger partial charge >= 0.3 is 5.69 Å². The number of hydrogen-bond donors (Lipinski definition) is 1. The molecule has 5 nitrogen and oxygen atoms in total. The Labute approximate surface area is 142 Å². The number of hydrogen-bond acceptors (Lipinski definition) is 3. The van der Waals surface area contributed by atoms with Crippen molar-refractivity contribution in [2.75, 3.05) is 19.6 Å². The first kappa shape index (κ1) is 15.9. The Morgan fingerprint density at radius 1 is 1.21 bits per heavy atom. The van der Waals surface area contributed by atoms with Crippen LogP contribution in [0.2, 0.25) is 0 Å². The van der Waals surface area contributed by atoms with Crippen LogP contribution in [0.15, 0.2) is 29.1 Å². The van der Waals surface area contributed by atoms with Crippen LogP contribution in [0.5, 0.6) is 0 Å². The largest absolute Gasteiger partial charge is 0.371 e. The van der Waals surface area contributed by atoms with Gasteiger partial charge in [-0.05, 0) is 51.7 Å². The summed E-state index contributed by atoms with van der Waals surface area (Å²) >= 11 is 0. The normalized spacial score (nSPS) is 25.5. The molecular formula is C19H27N3O2. The van der Waals surface area contributed by atoms with Gasteiger partial charge < -0.3 is 14.6 Å². The van der Waals surface area contributed by atoms with Gasteiger partial charge in [-0.15, -0.1) is 0 Å². The average molecular weight is 329 g/mol. The van der Waals surface area contributed by atoms with Gasteiger partial charge in [0, 0.05) is 25.7 Å². The number of aromatic nitrogens is 2. The first-order valence-corrected chi connectivity index (χ1v) is 9.11. The fraction of sp³-hybridized carbons (Fsp3) is 0.632. The molecule has 1 aromatic heterocycles. The monoisotopic (exact) mass is 329 g/mol. The standard InChI is InChI=1S/C19H27N3O2/c1-19(2)10-7-15(24-19)13-21-11-8-14(9-12-21)22-17-6-4-3-5-16(17)20-18(22)23/h3-6,14-15H,7-13H2,1-2H3,(H,20,23). The summed E-state index contributed by atoms with van der Waals surface area (Å²) in [6, 6.07) is 8.27. The van der Waals surface area contributed by atoms with Crippen LogP contribution >= 0.6 is 0 Å². The third-order valence-electron chi connectivity index (χ3n) is 5.56. The third-order valence-corrected chi connectivity index (χ3v) is 5.56. The van der Waals surface area contributed by atoms with Gasteiger partial charge in [0.25, 0.3) is 0 Å². The van der Waals surface area contributed by atoms with Crippen molar-refractivity contribution in [2.45, 2.75) is 57.3 Å². The minimum absolute atomic E-state index is 0.0236. The topological polar surface area (TPSA) is 50.3 Å². The van der Waals surface area contributed by atoms with Crippen LogP contribution < -0.4 is 5.69 Å². The molecule has 1 atom stereocenters. The van der Waals surface area contributed by atoms with Crippen molar-refractivity contribution in [1.29, 1.82) is 0 Å². The van der Waals surface area contributed by atoms with Crippen LogP contribution in [-0.4, -0.2) is 45.8 Å². The first-order chi connectivity index (χ1) is 11.5. The van der Waals surface area contributed by atoms with Crippen LogP contribution in [0.3, 0.4) is 0 Å². The molecule has 0 bridgehead atoms. The SMILES string of the molecule is CC1(C)CCC(CN2CCC(n3c(=O)[nH]c4ccccc43)CC2)O1. The predicted octanol–water partition coefficient (Wildman–Crippen LogP) is 2.92. The zero-order valence-electron chi connectivity index (χ0n) is 14.6. The molecule has 130 valence electrons. The summed E-state index contributed by atoms with van der Waals surface area (Å²) in [6.45, 7) is 7.47. The first-order valence-electron chi connectivity index (χ1n) is 9.11. The highest BCUT2D eigenvalue weighted by Crippen LogP contribution is 2.31. The van der Waals surface area contributed by atoms with Gasteiger partial charge in [0.05, 0.1) is 22.7 Å². The lowest BCUT2D eigenvalue weighted by Crippen LogP contribution is -2.41. The summed E-state index contributed by atoms with van der Waals surface area (Å²) in [6.07, 6.45) is 4.73. The lowest BCUT2D eigenvalue weighted by Gasteiger charge is -2.34. The molecule has 24 heavy (non-hydrogen) atoms. The number of fused-ring (bicyclic) bond motifs is 1. The summed E-state index contributed by atoms with van der Waals surface area (Å²) in [5, 5.41) is 0. The predicted molar refractivity (Wildman–Crippen MR) is 95.5 cm³/mol. The number of rotatable bonds is 3. The maximum atomic E-state index is 12.3. The second-order valence-electron chi connectivity index (χ2n) is 7.89. The van der Waals surface area contributed by atoms with Crippen LogP contribution in [0.25, 0.3) is 11.0 Å². The maximum Gasteiger partial charge on any atom is 0.326 e. The minimum atomic E-state index is 0.0236. The number of nitrogens with zero attached hydrogens (tertiary/aromatic N) is 2. The highest BCUT2D eigenvalue weighted by molar-refractivity contribution is 5.75. The number of H-pyrrole nitrogens is 1. The van der Waals surface area contributed by atoms with Crippen LogP contribution in [0.1, 0.15) is 45.6 Å². The van der Waals surface area contributed by atoms with E-state index in [1.54, 1.807) is 0 Å². The number of aromatic amines is 1. The summed E-state index contributed by atoms with van der Waals surface area (Å²) in [5.41, 5.74) is 2.03. The molecule has 2 aliphatic rings. The van der Waals surface area contributed by atoms with E-state index in [1.165, 1.54) is 0 Å². The van der Waals surface area contributed by atoms with E-state index in [2.05, 4.69) is 23.7 Å². The summed E-state index contributed by atoms with van der Waals surface area (Å²) < 4.78 is 8.09. The van der Waals surface area contributed by atoms with Crippen molar-refractivity contribution >= 4 is 11.0 Å². The van der Waals surface area contributed by atoms with E-state index >= 15 is 0 Å². The quantitative estimate of drug-likeness (QED) is 0.942. The Morgan fingerprint density at radius 3 is 2.67 bits per heavy atom. The highest BCUT2D eigenvalue weighted by Gasteiger charge is 2.33. The lowest BCUT2D eigenvalue weighted by molar-refractivity contribution is -0.0317. The Kier molecular flexibility index (Phi) is 4.01. The molecule has 1 N–H and O–H groups in total. The molecule has 3 heterocycles. The fourth-order valence-electron chi connectivity index (χ4n) is 4.29. The molecule has 0 amide bonds. The molecule has 2 saturated heterocycles. The van der Waals surface area contributed by atoms with Gasteiger partial charge in [-0.3, -0.25) is 4.57 Å². The Balaban J connectivity index is 1.41. The van der Waals surface area contributed by atoms with E-state index in [9.17, 15) is 4.79 Å². The Morgan fingerprint density at radius 2 is 1.96 bits per heavy atom. The summed E-state index contributed by atoms with van der Waals surface area (Å²) in [5.74, 6) is 0. The smallest absolute Gasteiger partial charge is 0.326 e. The van der Waals surface area contributed by atoms with Crippen LogP contribution in [0.4, 0.5) is 0 Å². The summed E-state index contributed by atoms with van der Waals surface area (Å²) in [4.78, 5) is 17.8. The van der Waals surface area contributed by atoms with Crippen LogP contribution in [-0.2, 0) is 4.74 Å². The number of para-hydroxylation sites is 2. The van der Waals surface area contributed by atoms with Crippen molar-refractivity contribution in [2.24, 2.45) is 0 Å². The molecule has 2 aromatic rings. The van der Waals surface area contributed by atoms with Gasteiger partial charge in [0.15, 0.2) is 0 Å². The molecule has 1 unspecified atom stereocenters. The van der Waals surface area contributed by atoms with Gasteiger partial charge in [-0.25, -0.2) is 4.79 Å². The van der Waals surface area contributed by atoms with Crippen molar-refractivity contribution < 1.29 is 4.74 Å². The molecule has 0 spiro atoms. The molecule has 5 heteroatoms. The van der Waals surface area contributed by atoms with E-state index in [4.69, 9.17) is 4.74 Å². The molecule has 1 aromatic carbocycles. The average Bonchev–Trinajstić information content (AvgIpc) is 3.06. The number of benzene rings is 1. The lowest BCUT2D eigenvalue weighted by atomic mass is 10.0. The molecule has 4 rings (SSSR count). The zero-order chi connectivity index (χ0) is 16.7. The van der Waals surface area contributed by atoms with Crippen molar-refractivity contribution in [3.8, 4) is 0 Å². The van der Waals surface area contributed by atoms with Gasteiger partial charge in [-0.2, -0.15) is 0 Å². The van der Waals surface area contributed by atoms with Crippen molar-refractivity contribution in [1.82, 2.24) is 14.5 Å². The number of imidazole rings is 1. The van der Waals surface area contributed by atoms with Gasteiger partial charge in [0.1, 0.15) is 0 Å². The molecule has 0 radical (unpaired) electrons. The molecule has 0 aliphatic carbocycles. The third kappa shape index (κ3) is 3.03. The molecular weight excluding hydrogens is 302 g/mol. The fourth-order valence-corrected chi connectivity index (χ4v) is 4.29. The van der Waals surface area contributed by atoms with E-state index < -0.39 is 0 Å². The second kappa shape index (κ2) is 6.05. The summed E-state index contributed by atoms with van der Waals surface area (Å²) in [7, 11) is 0. The minimum Gasteiger partial charge on any atom is -0.371 e. The molecule has 0 saturated carbocycles. The zero-order valence-corrected chi connectivity index (χ0v) is 14.6. The van der Waals surface area contributed by atoms with Crippen LogP contribution in [0, 0.1) is 0 Å². The highest BCUT2D eigenvalue weighted by atomic mass is 16.5. The molecule has 2 aliphatic heterocycles.